The molecule has 0 bridgehead atoms. The van der Waals surface area contributed by atoms with Crippen molar-refractivity contribution in [2.75, 3.05) is 47.3 Å². The first-order chi connectivity index (χ1) is 8.21. The molecular formula is C11H20F3N3O. The fourth-order valence-corrected chi connectivity index (χ4v) is 2.05. The minimum Gasteiger partial charge on any atom is -0.344 e. The Morgan fingerprint density at radius 3 is 2.28 bits per heavy atom. The highest BCUT2D eigenvalue weighted by Gasteiger charge is 2.62. The Hall–Kier alpha value is -0.820. The number of alkyl halides is 3. The molecule has 0 aromatic rings. The molecule has 0 saturated carbocycles. The van der Waals surface area contributed by atoms with Crippen molar-refractivity contribution in [2.24, 2.45) is 5.41 Å². The number of likely N-dealkylation sites (N-methyl/N-ethyl adjacent to an activating group) is 2. The molecule has 1 aliphatic heterocycles. The van der Waals surface area contributed by atoms with E-state index in [1.807, 2.05) is 19.0 Å². The van der Waals surface area contributed by atoms with Gasteiger partial charge in [-0.1, -0.05) is 0 Å². The Bertz CT molecular complexity index is 298. The molecule has 0 aromatic carbocycles. The summed E-state index contributed by atoms with van der Waals surface area (Å²) in [6.07, 6.45) is -4.68. The van der Waals surface area contributed by atoms with Gasteiger partial charge in [-0.15, -0.1) is 0 Å². The third-order valence-electron chi connectivity index (χ3n) is 3.34. The fourth-order valence-electron chi connectivity index (χ4n) is 2.05. The molecule has 1 fully saturated rings. The number of amides is 1. The van der Waals surface area contributed by atoms with Crippen LogP contribution in [0.25, 0.3) is 0 Å². The zero-order valence-corrected chi connectivity index (χ0v) is 11.0. The van der Waals surface area contributed by atoms with Gasteiger partial charge in [-0.05, 0) is 27.1 Å². The maximum atomic E-state index is 13.1. The van der Waals surface area contributed by atoms with E-state index in [2.05, 4.69) is 5.32 Å². The van der Waals surface area contributed by atoms with Crippen LogP contribution in [0.2, 0.25) is 0 Å². The second kappa shape index (κ2) is 5.44. The van der Waals surface area contributed by atoms with Gasteiger partial charge >= 0.3 is 6.18 Å². The molecule has 0 spiro atoms. The van der Waals surface area contributed by atoms with Gasteiger partial charge in [0.2, 0.25) is 5.91 Å². The number of carbonyl (C=O) groups is 1. The zero-order chi connectivity index (χ0) is 14.0. The average molecular weight is 267 g/mol. The number of rotatable bonds is 4. The Morgan fingerprint density at radius 1 is 1.28 bits per heavy atom. The molecule has 1 rings (SSSR count). The van der Waals surface area contributed by atoms with Gasteiger partial charge in [0.05, 0.1) is 0 Å². The highest BCUT2D eigenvalue weighted by atomic mass is 19.4. The van der Waals surface area contributed by atoms with Crippen molar-refractivity contribution in [3.8, 4) is 0 Å². The van der Waals surface area contributed by atoms with Crippen LogP contribution < -0.4 is 5.32 Å². The van der Waals surface area contributed by atoms with Crippen LogP contribution in [0.15, 0.2) is 0 Å². The van der Waals surface area contributed by atoms with Crippen LogP contribution in [0.5, 0.6) is 0 Å². The van der Waals surface area contributed by atoms with Gasteiger partial charge in [0.25, 0.3) is 0 Å². The van der Waals surface area contributed by atoms with E-state index in [0.29, 0.717) is 13.1 Å². The van der Waals surface area contributed by atoms with Crippen LogP contribution in [-0.2, 0) is 4.79 Å². The maximum Gasteiger partial charge on any atom is 0.404 e. The fraction of sp³-hybridized carbons (Fsp3) is 0.909. The first-order valence-electron chi connectivity index (χ1n) is 5.88. The number of hydrogen-bond acceptors (Lipinski definition) is 3. The molecule has 0 aliphatic carbocycles. The molecule has 106 valence electrons. The topological polar surface area (TPSA) is 35.6 Å². The first-order valence-corrected chi connectivity index (χ1v) is 5.88. The SMILES string of the molecule is CN(C)CCN(C)C(=O)C1(C(F)(F)F)CCNC1. The molecule has 4 nitrogen and oxygen atoms in total. The molecule has 18 heavy (non-hydrogen) atoms. The lowest BCUT2D eigenvalue weighted by molar-refractivity contribution is -0.221. The summed E-state index contributed by atoms with van der Waals surface area (Å²) >= 11 is 0. The van der Waals surface area contributed by atoms with Crippen LogP contribution >= 0.6 is 0 Å². The van der Waals surface area contributed by atoms with Gasteiger partial charge in [-0.25, -0.2) is 0 Å². The molecule has 1 unspecified atom stereocenters. The van der Waals surface area contributed by atoms with Gasteiger partial charge in [-0.2, -0.15) is 13.2 Å². The van der Waals surface area contributed by atoms with E-state index in [-0.39, 0.29) is 19.5 Å². The molecule has 7 heteroatoms. The molecule has 1 atom stereocenters. The summed E-state index contributed by atoms with van der Waals surface area (Å²) < 4.78 is 39.4. The predicted molar refractivity (Wildman–Crippen MR) is 62.2 cm³/mol. The number of carbonyl (C=O) groups excluding carboxylic acids is 1. The highest BCUT2D eigenvalue weighted by Crippen LogP contribution is 2.44. The van der Waals surface area contributed by atoms with Gasteiger partial charge in [0, 0.05) is 26.7 Å². The van der Waals surface area contributed by atoms with E-state index < -0.39 is 17.5 Å². The van der Waals surface area contributed by atoms with Crippen LogP contribution in [0.1, 0.15) is 6.42 Å². The van der Waals surface area contributed by atoms with E-state index in [0.717, 1.165) is 0 Å². The third-order valence-corrected chi connectivity index (χ3v) is 3.34. The van der Waals surface area contributed by atoms with Gasteiger partial charge in [0.15, 0.2) is 5.41 Å². The highest BCUT2D eigenvalue weighted by molar-refractivity contribution is 5.84. The Morgan fingerprint density at radius 2 is 1.89 bits per heavy atom. The van der Waals surface area contributed by atoms with Gasteiger partial charge in [-0.3, -0.25) is 4.79 Å². The Balaban J connectivity index is 2.78. The lowest BCUT2D eigenvalue weighted by Crippen LogP contribution is -2.53. The summed E-state index contributed by atoms with van der Waals surface area (Å²) in [5.74, 6) is -0.832. The minimum absolute atomic E-state index is 0.179. The van der Waals surface area contributed by atoms with Crippen molar-refractivity contribution in [3.05, 3.63) is 0 Å². The van der Waals surface area contributed by atoms with Crippen molar-refractivity contribution in [1.82, 2.24) is 15.1 Å². The first kappa shape index (κ1) is 15.2. The zero-order valence-electron chi connectivity index (χ0n) is 11.0. The molecular weight excluding hydrogens is 247 g/mol. The summed E-state index contributed by atoms with van der Waals surface area (Å²) in [5.41, 5.74) is -2.24. The molecule has 0 radical (unpaired) electrons. The van der Waals surface area contributed by atoms with Crippen molar-refractivity contribution in [2.45, 2.75) is 12.6 Å². The minimum atomic E-state index is -4.50. The van der Waals surface area contributed by atoms with E-state index in [1.165, 1.54) is 11.9 Å². The van der Waals surface area contributed by atoms with Crippen molar-refractivity contribution in [1.29, 1.82) is 0 Å². The summed E-state index contributed by atoms with van der Waals surface area (Å²) in [6.45, 7) is 0.752. The second-order valence-electron chi connectivity index (χ2n) is 5.04. The number of hydrogen-bond donors (Lipinski definition) is 1. The maximum absolute atomic E-state index is 13.1. The number of halogens is 3. The Kier molecular flexibility index (Phi) is 4.61. The summed E-state index contributed by atoms with van der Waals surface area (Å²) in [5, 5.41) is 2.64. The summed E-state index contributed by atoms with van der Waals surface area (Å²) in [4.78, 5) is 15.1. The molecule has 1 aliphatic rings. The van der Waals surface area contributed by atoms with E-state index >= 15 is 0 Å². The molecule has 1 heterocycles. The third kappa shape index (κ3) is 2.95. The summed E-state index contributed by atoms with van der Waals surface area (Å²) in [7, 11) is 5.06. The lowest BCUT2D eigenvalue weighted by Gasteiger charge is -2.33. The van der Waals surface area contributed by atoms with Gasteiger partial charge < -0.3 is 15.1 Å². The van der Waals surface area contributed by atoms with Crippen molar-refractivity contribution in [3.63, 3.8) is 0 Å². The normalized spacial score (nSPS) is 24.6. The van der Waals surface area contributed by atoms with E-state index in [4.69, 9.17) is 0 Å². The van der Waals surface area contributed by atoms with Gasteiger partial charge in [0.1, 0.15) is 0 Å². The Labute approximate surface area is 105 Å². The molecule has 0 aromatic heterocycles. The average Bonchev–Trinajstić information content (AvgIpc) is 2.74. The van der Waals surface area contributed by atoms with Crippen LogP contribution in [-0.4, -0.2) is 69.2 Å². The summed E-state index contributed by atoms with van der Waals surface area (Å²) in [6, 6.07) is 0. The molecule has 1 saturated heterocycles. The van der Waals surface area contributed by atoms with Crippen molar-refractivity contribution >= 4 is 5.91 Å². The number of nitrogens with one attached hydrogen (secondary N) is 1. The molecule has 1 amide bonds. The predicted octanol–water partition coefficient (Wildman–Crippen LogP) is 0.548. The van der Waals surface area contributed by atoms with E-state index in [9.17, 15) is 18.0 Å². The largest absolute Gasteiger partial charge is 0.404 e. The standard InChI is InChI=1S/C11H20F3N3O/c1-16(2)6-7-17(3)9(18)10(11(12,13)14)4-5-15-8-10/h15H,4-8H2,1-3H3. The monoisotopic (exact) mass is 267 g/mol. The quantitative estimate of drug-likeness (QED) is 0.808. The lowest BCUT2D eigenvalue weighted by atomic mass is 9.84. The van der Waals surface area contributed by atoms with Crippen LogP contribution in [0, 0.1) is 5.41 Å². The molecule has 1 N–H and O–H groups in total. The number of nitrogens with zero attached hydrogens (tertiary/aromatic N) is 2. The van der Waals surface area contributed by atoms with E-state index in [1.54, 1.807) is 0 Å². The van der Waals surface area contributed by atoms with Crippen molar-refractivity contribution < 1.29 is 18.0 Å². The second-order valence-corrected chi connectivity index (χ2v) is 5.04. The smallest absolute Gasteiger partial charge is 0.344 e. The van der Waals surface area contributed by atoms with Crippen LogP contribution in [0.3, 0.4) is 0 Å². The van der Waals surface area contributed by atoms with Crippen LogP contribution in [0.4, 0.5) is 13.2 Å².